The number of fused-ring (bicyclic) bond motifs is 1. The SMILES string of the molecule is CCCn1c(-c2cc(C)ccc2N)nc2cc(F)ccc21. The number of nitrogens with zero attached hydrogens (tertiary/aromatic N) is 2. The Balaban J connectivity index is 2.30. The van der Waals surface area contributed by atoms with Crippen LogP contribution in [0.3, 0.4) is 0 Å². The molecule has 0 aliphatic carbocycles. The number of aromatic nitrogens is 2. The highest BCUT2D eigenvalue weighted by Crippen LogP contribution is 2.30. The highest BCUT2D eigenvalue weighted by Gasteiger charge is 2.15. The number of imidazole rings is 1. The fraction of sp³-hybridized carbons (Fsp3) is 0.235. The molecule has 0 amide bonds. The van der Waals surface area contributed by atoms with Crippen molar-refractivity contribution in [1.29, 1.82) is 0 Å². The summed E-state index contributed by atoms with van der Waals surface area (Å²) in [5.41, 5.74) is 10.4. The summed E-state index contributed by atoms with van der Waals surface area (Å²) in [6, 6.07) is 10.6. The number of nitrogens with two attached hydrogens (primary N) is 1. The van der Waals surface area contributed by atoms with E-state index in [-0.39, 0.29) is 5.82 Å². The van der Waals surface area contributed by atoms with Gasteiger partial charge in [0.1, 0.15) is 11.6 Å². The molecule has 0 unspecified atom stereocenters. The van der Waals surface area contributed by atoms with Crippen LogP contribution in [0.5, 0.6) is 0 Å². The third-order valence-corrected chi connectivity index (χ3v) is 3.61. The summed E-state index contributed by atoms with van der Waals surface area (Å²) in [6.45, 7) is 4.96. The maximum atomic E-state index is 13.4. The second-order valence-electron chi connectivity index (χ2n) is 5.31. The van der Waals surface area contributed by atoms with Gasteiger partial charge >= 0.3 is 0 Å². The second kappa shape index (κ2) is 5.20. The van der Waals surface area contributed by atoms with Crippen LogP contribution in [0.4, 0.5) is 10.1 Å². The predicted octanol–water partition coefficient (Wildman–Crippen LogP) is 4.14. The van der Waals surface area contributed by atoms with Crippen LogP contribution < -0.4 is 5.73 Å². The molecular weight excluding hydrogens is 265 g/mol. The van der Waals surface area contributed by atoms with Crippen LogP contribution in [0.25, 0.3) is 22.4 Å². The minimum absolute atomic E-state index is 0.271. The van der Waals surface area contributed by atoms with Gasteiger partial charge in [0.25, 0.3) is 0 Å². The van der Waals surface area contributed by atoms with Crippen LogP contribution in [-0.2, 0) is 6.54 Å². The van der Waals surface area contributed by atoms with Crippen molar-refractivity contribution in [3.63, 3.8) is 0 Å². The predicted molar refractivity (Wildman–Crippen MR) is 84.6 cm³/mol. The first-order valence-electron chi connectivity index (χ1n) is 7.12. The lowest BCUT2D eigenvalue weighted by atomic mass is 10.1. The van der Waals surface area contributed by atoms with Crippen LogP contribution in [-0.4, -0.2) is 9.55 Å². The van der Waals surface area contributed by atoms with Gasteiger partial charge in [0, 0.05) is 23.9 Å². The summed E-state index contributed by atoms with van der Waals surface area (Å²) in [4.78, 5) is 4.61. The summed E-state index contributed by atoms with van der Waals surface area (Å²) < 4.78 is 15.5. The minimum Gasteiger partial charge on any atom is -0.398 e. The van der Waals surface area contributed by atoms with Gasteiger partial charge in [-0.05, 0) is 37.6 Å². The Morgan fingerprint density at radius 1 is 1.19 bits per heavy atom. The van der Waals surface area contributed by atoms with Crippen LogP contribution in [0.2, 0.25) is 0 Å². The Kier molecular flexibility index (Phi) is 3.37. The van der Waals surface area contributed by atoms with Crippen molar-refractivity contribution in [3.05, 3.63) is 47.8 Å². The van der Waals surface area contributed by atoms with E-state index in [1.807, 2.05) is 25.1 Å². The lowest BCUT2D eigenvalue weighted by Crippen LogP contribution is -2.02. The molecule has 0 bridgehead atoms. The molecule has 2 N–H and O–H groups in total. The molecule has 108 valence electrons. The van der Waals surface area contributed by atoms with E-state index in [0.717, 1.165) is 35.4 Å². The minimum atomic E-state index is -0.271. The average molecular weight is 283 g/mol. The summed E-state index contributed by atoms with van der Waals surface area (Å²) in [5.74, 6) is 0.533. The second-order valence-corrected chi connectivity index (χ2v) is 5.31. The Labute approximate surface area is 123 Å². The maximum Gasteiger partial charge on any atom is 0.143 e. The summed E-state index contributed by atoms with van der Waals surface area (Å²) >= 11 is 0. The van der Waals surface area contributed by atoms with E-state index in [9.17, 15) is 4.39 Å². The molecule has 0 aliphatic heterocycles. The van der Waals surface area contributed by atoms with E-state index in [0.29, 0.717) is 11.2 Å². The fourth-order valence-corrected chi connectivity index (χ4v) is 2.62. The van der Waals surface area contributed by atoms with Crippen molar-refractivity contribution in [2.75, 3.05) is 5.73 Å². The van der Waals surface area contributed by atoms with Gasteiger partial charge in [0.2, 0.25) is 0 Å². The quantitative estimate of drug-likeness (QED) is 0.734. The molecule has 0 atom stereocenters. The largest absolute Gasteiger partial charge is 0.398 e. The van der Waals surface area contributed by atoms with Crippen LogP contribution in [0, 0.1) is 12.7 Å². The summed E-state index contributed by atoms with van der Waals surface area (Å²) in [6.07, 6.45) is 0.974. The molecule has 0 fully saturated rings. The zero-order chi connectivity index (χ0) is 15.0. The van der Waals surface area contributed by atoms with Crippen molar-refractivity contribution >= 4 is 16.7 Å². The third kappa shape index (κ3) is 2.37. The van der Waals surface area contributed by atoms with Crippen LogP contribution >= 0.6 is 0 Å². The van der Waals surface area contributed by atoms with Gasteiger partial charge in [-0.25, -0.2) is 9.37 Å². The van der Waals surface area contributed by atoms with Crippen LogP contribution in [0.15, 0.2) is 36.4 Å². The number of halogens is 1. The first kappa shape index (κ1) is 13.6. The van der Waals surface area contributed by atoms with Crippen molar-refractivity contribution in [2.24, 2.45) is 0 Å². The van der Waals surface area contributed by atoms with E-state index < -0.39 is 0 Å². The number of rotatable bonds is 3. The lowest BCUT2D eigenvalue weighted by Gasteiger charge is -2.10. The van der Waals surface area contributed by atoms with E-state index in [1.165, 1.54) is 12.1 Å². The van der Waals surface area contributed by atoms with E-state index >= 15 is 0 Å². The number of anilines is 1. The van der Waals surface area contributed by atoms with Gasteiger partial charge < -0.3 is 10.3 Å². The third-order valence-electron chi connectivity index (χ3n) is 3.61. The molecule has 0 saturated carbocycles. The molecule has 2 aromatic carbocycles. The zero-order valence-corrected chi connectivity index (χ0v) is 12.2. The van der Waals surface area contributed by atoms with Crippen molar-refractivity contribution in [3.8, 4) is 11.4 Å². The van der Waals surface area contributed by atoms with Crippen molar-refractivity contribution in [2.45, 2.75) is 26.8 Å². The molecule has 1 heterocycles. The van der Waals surface area contributed by atoms with Crippen molar-refractivity contribution in [1.82, 2.24) is 9.55 Å². The molecule has 4 heteroatoms. The smallest absolute Gasteiger partial charge is 0.143 e. The molecule has 0 radical (unpaired) electrons. The van der Waals surface area contributed by atoms with Crippen molar-refractivity contribution < 1.29 is 4.39 Å². The summed E-state index contributed by atoms with van der Waals surface area (Å²) in [5, 5.41) is 0. The number of benzene rings is 2. The normalized spacial score (nSPS) is 11.2. The Bertz CT molecular complexity index is 805. The Hall–Kier alpha value is -2.36. The first-order valence-corrected chi connectivity index (χ1v) is 7.12. The number of nitrogen functional groups attached to an aromatic ring is 1. The molecule has 0 spiro atoms. The van der Waals surface area contributed by atoms with Crippen LogP contribution in [0.1, 0.15) is 18.9 Å². The van der Waals surface area contributed by atoms with Gasteiger partial charge in [0.05, 0.1) is 11.0 Å². The Morgan fingerprint density at radius 2 is 2.00 bits per heavy atom. The van der Waals surface area contributed by atoms with Gasteiger partial charge in [-0.1, -0.05) is 18.6 Å². The lowest BCUT2D eigenvalue weighted by molar-refractivity contribution is 0.629. The van der Waals surface area contributed by atoms with E-state index in [1.54, 1.807) is 6.07 Å². The van der Waals surface area contributed by atoms with Gasteiger partial charge in [0.15, 0.2) is 0 Å². The molecule has 1 aromatic heterocycles. The molecule has 3 rings (SSSR count). The van der Waals surface area contributed by atoms with E-state index in [4.69, 9.17) is 5.73 Å². The molecular formula is C17H18FN3. The average Bonchev–Trinajstić information content (AvgIpc) is 2.80. The van der Waals surface area contributed by atoms with E-state index in [2.05, 4.69) is 16.5 Å². The zero-order valence-electron chi connectivity index (χ0n) is 12.2. The summed E-state index contributed by atoms with van der Waals surface area (Å²) in [7, 11) is 0. The maximum absolute atomic E-state index is 13.4. The highest BCUT2D eigenvalue weighted by atomic mass is 19.1. The molecule has 0 saturated heterocycles. The molecule has 0 aliphatic rings. The first-order chi connectivity index (χ1) is 10.1. The molecule has 3 nitrogen and oxygen atoms in total. The van der Waals surface area contributed by atoms with Gasteiger partial charge in [-0.3, -0.25) is 0 Å². The molecule has 21 heavy (non-hydrogen) atoms. The number of hydrogen-bond donors (Lipinski definition) is 1. The topological polar surface area (TPSA) is 43.8 Å². The number of aryl methyl sites for hydroxylation is 2. The van der Waals surface area contributed by atoms with Gasteiger partial charge in [-0.2, -0.15) is 0 Å². The Morgan fingerprint density at radius 3 is 2.76 bits per heavy atom. The highest BCUT2D eigenvalue weighted by molar-refractivity contribution is 5.83. The van der Waals surface area contributed by atoms with Gasteiger partial charge in [-0.15, -0.1) is 0 Å². The fourth-order valence-electron chi connectivity index (χ4n) is 2.62. The molecule has 3 aromatic rings. The number of hydrogen-bond acceptors (Lipinski definition) is 2. The standard InChI is InChI=1S/C17H18FN3/c1-3-8-21-16-7-5-12(18)10-15(16)20-17(21)13-9-11(2)4-6-14(13)19/h4-7,9-10H,3,8,19H2,1-2H3. The monoisotopic (exact) mass is 283 g/mol.